The number of hydrazone groups is 2. The first-order valence-corrected chi connectivity index (χ1v) is 17.6. The van der Waals surface area contributed by atoms with Crippen LogP contribution in [0.5, 0.6) is 0 Å². The number of anilines is 2. The zero-order valence-electron chi connectivity index (χ0n) is 23.3. The number of carbonyl (C=O) groups excluding carboxylic acids is 2. The van der Waals surface area contributed by atoms with Crippen LogP contribution >= 0.6 is 45.1 Å². The minimum absolute atomic E-state index is 0.117. The number of para-hydroxylation sites is 2. The van der Waals surface area contributed by atoms with Gasteiger partial charge >= 0.3 is 0 Å². The Balaban J connectivity index is 1.65. The van der Waals surface area contributed by atoms with Gasteiger partial charge in [0.15, 0.2) is 0 Å². The molecule has 0 bridgehead atoms. The van der Waals surface area contributed by atoms with Crippen molar-refractivity contribution in [1.82, 2.24) is 0 Å². The Hall–Kier alpha value is -2.40. The molecule has 0 N–H and O–H groups in total. The van der Waals surface area contributed by atoms with Crippen molar-refractivity contribution in [3.8, 4) is 0 Å². The maximum absolute atomic E-state index is 13.6. The lowest BCUT2D eigenvalue weighted by Gasteiger charge is -2.15. The number of benzene rings is 2. The quantitative estimate of drug-likeness (QED) is 0.128. The Morgan fingerprint density at radius 1 is 0.650 bits per heavy atom. The molecule has 0 aliphatic carbocycles. The van der Waals surface area contributed by atoms with E-state index in [2.05, 4.69) is 24.1 Å². The standard InChI is InChI=1S/C30H34N4O2S4/c1-5-7-19-37-29(25-21(3)31-33(27(25)35)23-15-11-9-12-16-23)39-40-30(38-20-8-6-2)26-22(4)32-34(28(26)36)24-17-13-10-14-18-24/h9-18H,5-8,19-20H2,1-4H3/b29-25-,30-26+. The molecule has 0 saturated heterocycles. The summed E-state index contributed by atoms with van der Waals surface area (Å²) in [6, 6.07) is 19.0. The number of hydrogen-bond acceptors (Lipinski definition) is 8. The van der Waals surface area contributed by atoms with Crippen molar-refractivity contribution in [2.24, 2.45) is 10.2 Å². The van der Waals surface area contributed by atoms with Crippen molar-refractivity contribution in [3.05, 3.63) is 80.3 Å². The minimum Gasteiger partial charge on any atom is -0.267 e. The lowest BCUT2D eigenvalue weighted by Crippen LogP contribution is -2.22. The molecular formula is C30H34N4O2S4. The fourth-order valence-corrected chi connectivity index (χ4v) is 10.0. The average Bonchev–Trinajstić information content (AvgIpc) is 3.44. The maximum Gasteiger partial charge on any atom is 0.282 e. The number of unbranched alkanes of at least 4 members (excludes halogenated alkanes) is 2. The smallest absolute Gasteiger partial charge is 0.267 e. The van der Waals surface area contributed by atoms with Gasteiger partial charge in [0.25, 0.3) is 11.8 Å². The summed E-state index contributed by atoms with van der Waals surface area (Å²) in [6.45, 7) is 8.12. The summed E-state index contributed by atoms with van der Waals surface area (Å²) in [6.07, 6.45) is 4.25. The second-order valence-corrected chi connectivity index (χ2v) is 14.0. The molecular weight excluding hydrogens is 577 g/mol. The lowest BCUT2D eigenvalue weighted by molar-refractivity contribution is -0.115. The molecule has 0 spiro atoms. The van der Waals surface area contributed by atoms with Gasteiger partial charge in [-0.05, 0) is 84.0 Å². The van der Waals surface area contributed by atoms with Crippen LogP contribution in [-0.4, -0.2) is 34.7 Å². The Morgan fingerprint density at radius 3 is 1.38 bits per heavy atom. The van der Waals surface area contributed by atoms with Gasteiger partial charge in [-0.3, -0.25) is 9.59 Å². The van der Waals surface area contributed by atoms with Gasteiger partial charge in [0, 0.05) is 0 Å². The fraction of sp³-hybridized carbons (Fsp3) is 0.333. The molecule has 2 aromatic carbocycles. The van der Waals surface area contributed by atoms with E-state index >= 15 is 0 Å². The maximum atomic E-state index is 13.6. The second kappa shape index (κ2) is 15.0. The van der Waals surface area contributed by atoms with Gasteiger partial charge in [-0.2, -0.15) is 20.2 Å². The number of amides is 2. The third-order valence-corrected chi connectivity index (χ3v) is 11.9. The third kappa shape index (κ3) is 7.26. The van der Waals surface area contributed by atoms with Crippen molar-refractivity contribution >= 4 is 79.7 Å². The largest absolute Gasteiger partial charge is 0.282 e. The van der Waals surface area contributed by atoms with Crippen LogP contribution in [0.4, 0.5) is 11.4 Å². The molecule has 0 aromatic heterocycles. The number of thioether (sulfide) groups is 2. The summed E-state index contributed by atoms with van der Waals surface area (Å²) in [5.74, 6) is 1.58. The molecule has 2 aliphatic heterocycles. The van der Waals surface area contributed by atoms with E-state index < -0.39 is 0 Å². The molecule has 0 unspecified atom stereocenters. The Morgan fingerprint density at radius 2 is 1.02 bits per heavy atom. The van der Waals surface area contributed by atoms with Crippen LogP contribution in [0.25, 0.3) is 0 Å². The summed E-state index contributed by atoms with van der Waals surface area (Å²) in [5, 5.41) is 12.2. The summed E-state index contributed by atoms with van der Waals surface area (Å²) in [7, 11) is 3.11. The molecule has 0 radical (unpaired) electrons. The first-order valence-electron chi connectivity index (χ1n) is 13.4. The van der Waals surface area contributed by atoms with E-state index in [0.717, 1.165) is 57.0 Å². The van der Waals surface area contributed by atoms with E-state index in [0.29, 0.717) is 22.6 Å². The predicted octanol–water partition coefficient (Wildman–Crippen LogP) is 8.70. The molecule has 0 fully saturated rings. The fourth-order valence-electron chi connectivity index (χ4n) is 3.94. The Kier molecular flexibility index (Phi) is 11.5. The van der Waals surface area contributed by atoms with E-state index in [-0.39, 0.29) is 11.8 Å². The van der Waals surface area contributed by atoms with Gasteiger partial charge in [0.1, 0.15) is 0 Å². The van der Waals surface area contributed by atoms with Crippen molar-refractivity contribution in [2.45, 2.75) is 53.4 Å². The highest BCUT2D eigenvalue weighted by atomic mass is 33.1. The van der Waals surface area contributed by atoms with E-state index in [1.165, 1.54) is 10.0 Å². The molecule has 6 nitrogen and oxygen atoms in total. The van der Waals surface area contributed by atoms with Crippen LogP contribution in [0.1, 0.15) is 53.4 Å². The SMILES string of the molecule is CCCCS/C(SS/C(SCCCC)=C1/C(=O)N(c2ccccc2)N=C1C)=C1/C(=O)N(c2ccccc2)N=C1C. The van der Waals surface area contributed by atoms with Crippen molar-refractivity contribution in [3.63, 3.8) is 0 Å². The minimum atomic E-state index is -0.117. The predicted molar refractivity (Wildman–Crippen MR) is 178 cm³/mol. The molecule has 2 heterocycles. The number of nitrogens with zero attached hydrogens (tertiary/aromatic N) is 4. The molecule has 0 atom stereocenters. The molecule has 10 heteroatoms. The van der Waals surface area contributed by atoms with Gasteiger partial charge in [0.05, 0.1) is 42.4 Å². The summed E-state index contributed by atoms with van der Waals surface area (Å²) < 4.78 is 1.86. The van der Waals surface area contributed by atoms with Crippen LogP contribution in [0.2, 0.25) is 0 Å². The van der Waals surface area contributed by atoms with E-state index in [9.17, 15) is 9.59 Å². The van der Waals surface area contributed by atoms with Crippen molar-refractivity contribution in [1.29, 1.82) is 0 Å². The second-order valence-electron chi connectivity index (χ2n) is 9.17. The van der Waals surface area contributed by atoms with Gasteiger partial charge in [-0.15, -0.1) is 23.5 Å². The van der Waals surface area contributed by atoms with Gasteiger partial charge in [0.2, 0.25) is 0 Å². The van der Waals surface area contributed by atoms with Crippen LogP contribution in [0, 0.1) is 0 Å². The number of hydrogen-bond donors (Lipinski definition) is 0. The van der Waals surface area contributed by atoms with Gasteiger partial charge < -0.3 is 0 Å². The monoisotopic (exact) mass is 610 g/mol. The third-order valence-electron chi connectivity index (χ3n) is 6.10. The Labute approximate surface area is 253 Å². The first kappa shape index (κ1) is 30.6. The summed E-state index contributed by atoms with van der Waals surface area (Å²) >= 11 is 3.39. The van der Waals surface area contributed by atoms with Crippen LogP contribution in [0.15, 0.2) is 90.5 Å². The van der Waals surface area contributed by atoms with E-state index in [4.69, 9.17) is 0 Å². The topological polar surface area (TPSA) is 65.3 Å². The van der Waals surface area contributed by atoms with Crippen molar-refractivity contribution in [2.75, 3.05) is 21.5 Å². The Bertz CT molecular complexity index is 1240. The highest BCUT2D eigenvalue weighted by Gasteiger charge is 2.34. The molecule has 4 rings (SSSR count). The molecule has 210 valence electrons. The van der Waals surface area contributed by atoms with E-state index in [1.807, 2.05) is 74.5 Å². The zero-order chi connectivity index (χ0) is 28.5. The molecule has 2 aliphatic rings. The molecule has 2 aromatic rings. The number of carbonyl (C=O) groups is 2. The highest BCUT2D eigenvalue weighted by Crippen LogP contribution is 2.50. The first-order chi connectivity index (χ1) is 19.5. The van der Waals surface area contributed by atoms with Crippen molar-refractivity contribution < 1.29 is 9.59 Å². The average molecular weight is 611 g/mol. The molecule has 40 heavy (non-hydrogen) atoms. The zero-order valence-corrected chi connectivity index (χ0v) is 26.5. The summed E-state index contributed by atoms with van der Waals surface area (Å²) in [5.41, 5.74) is 4.19. The molecule has 0 saturated carbocycles. The van der Waals surface area contributed by atoms with Gasteiger partial charge in [-0.1, -0.05) is 63.1 Å². The lowest BCUT2D eigenvalue weighted by atomic mass is 10.2. The van der Waals surface area contributed by atoms with Crippen LogP contribution < -0.4 is 10.0 Å². The van der Waals surface area contributed by atoms with Crippen LogP contribution in [0.3, 0.4) is 0 Å². The van der Waals surface area contributed by atoms with Crippen LogP contribution in [-0.2, 0) is 9.59 Å². The van der Waals surface area contributed by atoms with Gasteiger partial charge in [-0.25, -0.2) is 0 Å². The summed E-state index contributed by atoms with van der Waals surface area (Å²) in [4.78, 5) is 27.3. The number of rotatable bonds is 13. The molecule has 2 amide bonds. The van der Waals surface area contributed by atoms with E-state index in [1.54, 1.807) is 45.1 Å². The normalized spacial score (nSPS) is 17.9. The highest BCUT2D eigenvalue weighted by molar-refractivity contribution is 8.83.